The molecule has 0 saturated heterocycles. The van der Waals surface area contributed by atoms with Gasteiger partial charge in [0.05, 0.1) is 10.0 Å². The average Bonchev–Trinajstić information content (AvgIpc) is 2.20. The summed E-state index contributed by atoms with van der Waals surface area (Å²) in [5.41, 5.74) is 0.976. The fourth-order valence-corrected chi connectivity index (χ4v) is 1.34. The second-order valence-electron chi connectivity index (χ2n) is 3.14. The van der Waals surface area contributed by atoms with Gasteiger partial charge >= 0.3 is 0 Å². The summed E-state index contributed by atoms with van der Waals surface area (Å²) in [5.74, 6) is 0.696. The first kappa shape index (κ1) is 12.4. The molecule has 1 N–H and O–H groups in total. The van der Waals surface area contributed by atoms with Gasteiger partial charge in [-0.3, -0.25) is 0 Å². The lowest BCUT2D eigenvalue weighted by atomic mass is 10.3. The molecule has 1 aromatic carbocycles. The molecule has 0 aliphatic heterocycles. The summed E-state index contributed by atoms with van der Waals surface area (Å²) in [4.78, 5) is 0. The molecule has 0 aromatic heterocycles. The molecule has 15 heavy (non-hydrogen) atoms. The molecule has 0 aliphatic rings. The predicted octanol–water partition coefficient (Wildman–Crippen LogP) is 3.15. The zero-order chi connectivity index (χ0) is 11.3. The summed E-state index contributed by atoms with van der Waals surface area (Å²) < 4.78 is 5.47. The summed E-state index contributed by atoms with van der Waals surface area (Å²) in [6.45, 7) is 5.06. The number of likely N-dealkylation sites (N-methyl/N-ethyl adjacent to an activating group) is 1. The zero-order valence-corrected chi connectivity index (χ0v) is 10.0. The highest BCUT2D eigenvalue weighted by Gasteiger charge is 2.00. The summed E-state index contributed by atoms with van der Waals surface area (Å²) in [7, 11) is 1.87. The Labute approximate surface area is 99.8 Å². The highest BCUT2D eigenvalue weighted by molar-refractivity contribution is 6.42. The monoisotopic (exact) mass is 245 g/mol. The van der Waals surface area contributed by atoms with Gasteiger partial charge in [-0.15, -0.1) is 0 Å². The van der Waals surface area contributed by atoms with E-state index in [1.165, 1.54) is 0 Å². The van der Waals surface area contributed by atoms with Crippen LogP contribution in [0.1, 0.15) is 0 Å². The van der Waals surface area contributed by atoms with Crippen LogP contribution in [0.3, 0.4) is 0 Å². The number of benzene rings is 1. The highest BCUT2D eigenvalue weighted by Crippen LogP contribution is 2.26. The van der Waals surface area contributed by atoms with Crippen molar-refractivity contribution < 1.29 is 4.74 Å². The van der Waals surface area contributed by atoms with Gasteiger partial charge in [0.15, 0.2) is 0 Å². The van der Waals surface area contributed by atoms with Gasteiger partial charge in [0.2, 0.25) is 0 Å². The molecule has 0 atom stereocenters. The van der Waals surface area contributed by atoms with Crippen LogP contribution in [-0.4, -0.2) is 20.2 Å². The molecular formula is C11H13Cl2NO. The smallest absolute Gasteiger partial charge is 0.121 e. The Morgan fingerprint density at radius 2 is 2.13 bits per heavy atom. The Bertz CT molecular complexity index is 352. The van der Waals surface area contributed by atoms with Crippen LogP contribution in [0, 0.1) is 0 Å². The van der Waals surface area contributed by atoms with Gasteiger partial charge in [-0.2, -0.15) is 0 Å². The molecule has 0 bridgehead atoms. The Morgan fingerprint density at radius 1 is 1.40 bits per heavy atom. The first-order chi connectivity index (χ1) is 7.13. The molecule has 0 unspecified atom stereocenters. The van der Waals surface area contributed by atoms with Crippen molar-refractivity contribution in [1.29, 1.82) is 0 Å². The Balaban J connectivity index is 2.51. The second-order valence-corrected chi connectivity index (χ2v) is 3.96. The lowest BCUT2D eigenvalue weighted by Gasteiger charge is -2.08. The van der Waals surface area contributed by atoms with Crippen molar-refractivity contribution in [2.24, 2.45) is 0 Å². The molecule has 0 aliphatic carbocycles. The molecule has 0 fully saturated rings. The SMILES string of the molecule is C=C(CNC)COc1ccc(Cl)c(Cl)c1. The Morgan fingerprint density at radius 3 is 2.73 bits per heavy atom. The van der Waals surface area contributed by atoms with E-state index in [0.717, 1.165) is 12.1 Å². The average molecular weight is 246 g/mol. The number of hydrogen-bond donors (Lipinski definition) is 1. The first-order valence-electron chi connectivity index (χ1n) is 4.52. The van der Waals surface area contributed by atoms with Gasteiger partial charge in [0.25, 0.3) is 0 Å². The van der Waals surface area contributed by atoms with E-state index in [1.54, 1.807) is 18.2 Å². The van der Waals surface area contributed by atoms with Gasteiger partial charge in [-0.05, 0) is 24.8 Å². The molecule has 82 valence electrons. The van der Waals surface area contributed by atoms with Crippen molar-refractivity contribution >= 4 is 23.2 Å². The van der Waals surface area contributed by atoms with Crippen LogP contribution in [-0.2, 0) is 0 Å². The van der Waals surface area contributed by atoms with E-state index in [9.17, 15) is 0 Å². The van der Waals surface area contributed by atoms with E-state index in [2.05, 4.69) is 11.9 Å². The predicted molar refractivity (Wildman–Crippen MR) is 65.0 cm³/mol. The summed E-state index contributed by atoms with van der Waals surface area (Å²) >= 11 is 11.6. The molecule has 0 heterocycles. The number of halogens is 2. The van der Waals surface area contributed by atoms with Gasteiger partial charge < -0.3 is 10.1 Å². The quantitative estimate of drug-likeness (QED) is 0.806. The number of rotatable bonds is 5. The third-order valence-corrected chi connectivity index (χ3v) is 2.50. The minimum atomic E-state index is 0.471. The van der Waals surface area contributed by atoms with Crippen molar-refractivity contribution in [2.75, 3.05) is 20.2 Å². The fraction of sp³-hybridized carbons (Fsp3) is 0.273. The van der Waals surface area contributed by atoms with Crippen molar-refractivity contribution in [1.82, 2.24) is 5.32 Å². The zero-order valence-electron chi connectivity index (χ0n) is 8.52. The molecule has 0 radical (unpaired) electrons. The van der Waals surface area contributed by atoms with Crippen LogP contribution in [0.4, 0.5) is 0 Å². The van der Waals surface area contributed by atoms with Crippen molar-refractivity contribution in [3.8, 4) is 5.75 Å². The van der Waals surface area contributed by atoms with E-state index < -0.39 is 0 Å². The van der Waals surface area contributed by atoms with Crippen LogP contribution >= 0.6 is 23.2 Å². The molecule has 1 aromatic rings. The molecule has 0 spiro atoms. The minimum absolute atomic E-state index is 0.471. The normalized spacial score (nSPS) is 10.1. The second kappa shape index (κ2) is 6.01. The molecular weight excluding hydrogens is 233 g/mol. The van der Waals surface area contributed by atoms with E-state index >= 15 is 0 Å². The maximum atomic E-state index is 5.84. The number of nitrogens with one attached hydrogen (secondary N) is 1. The maximum Gasteiger partial charge on any atom is 0.121 e. The van der Waals surface area contributed by atoms with Crippen molar-refractivity contribution in [3.05, 3.63) is 40.4 Å². The molecule has 0 saturated carbocycles. The van der Waals surface area contributed by atoms with Gasteiger partial charge in [-0.25, -0.2) is 0 Å². The standard InChI is InChI=1S/C11H13Cl2NO/c1-8(6-14-2)7-15-9-3-4-10(12)11(13)5-9/h3-5,14H,1,6-7H2,2H3. The van der Waals surface area contributed by atoms with Gasteiger partial charge in [0.1, 0.15) is 12.4 Å². The van der Waals surface area contributed by atoms with Gasteiger partial charge in [-0.1, -0.05) is 29.8 Å². The third kappa shape index (κ3) is 4.12. The minimum Gasteiger partial charge on any atom is -0.489 e. The molecule has 2 nitrogen and oxygen atoms in total. The van der Waals surface area contributed by atoms with E-state index in [-0.39, 0.29) is 0 Å². The third-order valence-electron chi connectivity index (χ3n) is 1.76. The van der Waals surface area contributed by atoms with Crippen LogP contribution in [0.25, 0.3) is 0 Å². The Hall–Kier alpha value is -0.700. The summed E-state index contributed by atoms with van der Waals surface area (Å²) in [6, 6.07) is 5.18. The van der Waals surface area contributed by atoms with Crippen molar-refractivity contribution in [2.45, 2.75) is 0 Å². The highest BCUT2D eigenvalue weighted by atomic mass is 35.5. The van der Waals surface area contributed by atoms with Crippen molar-refractivity contribution in [3.63, 3.8) is 0 Å². The lowest BCUT2D eigenvalue weighted by molar-refractivity contribution is 0.349. The summed E-state index contributed by atoms with van der Waals surface area (Å²) in [6.07, 6.45) is 0. The molecule has 4 heteroatoms. The van der Waals surface area contributed by atoms with Crippen LogP contribution in [0.15, 0.2) is 30.4 Å². The van der Waals surface area contributed by atoms with Crippen LogP contribution in [0.2, 0.25) is 10.0 Å². The van der Waals surface area contributed by atoms with E-state index in [4.69, 9.17) is 27.9 Å². The summed E-state index contributed by atoms with van der Waals surface area (Å²) in [5, 5.41) is 4.02. The first-order valence-corrected chi connectivity index (χ1v) is 5.28. The number of hydrogen-bond acceptors (Lipinski definition) is 2. The number of ether oxygens (including phenoxy) is 1. The van der Waals surface area contributed by atoms with Gasteiger partial charge in [0, 0.05) is 12.6 Å². The maximum absolute atomic E-state index is 5.84. The fourth-order valence-electron chi connectivity index (χ4n) is 1.05. The topological polar surface area (TPSA) is 21.3 Å². The van der Waals surface area contributed by atoms with E-state index in [1.807, 2.05) is 7.05 Å². The molecule has 0 amide bonds. The Kier molecular flexibility index (Phi) is 4.95. The van der Waals surface area contributed by atoms with Crippen LogP contribution < -0.4 is 10.1 Å². The van der Waals surface area contributed by atoms with Crippen LogP contribution in [0.5, 0.6) is 5.75 Å². The molecule has 1 rings (SSSR count). The van der Waals surface area contributed by atoms with E-state index in [0.29, 0.717) is 22.4 Å². The largest absolute Gasteiger partial charge is 0.489 e. The lowest BCUT2D eigenvalue weighted by Crippen LogP contribution is -2.14.